The molecule has 2 aromatic rings. The number of unbranched alkanes of at least 4 members (excludes halogenated alkanes) is 1. The van der Waals surface area contributed by atoms with Crippen LogP contribution in [0.2, 0.25) is 0 Å². The average molecular weight is 441 g/mol. The smallest absolute Gasteiger partial charge is 0.279 e. The van der Waals surface area contributed by atoms with Gasteiger partial charge in [-0.1, -0.05) is 32.0 Å². The van der Waals surface area contributed by atoms with E-state index < -0.39 is 19.2 Å². The molecule has 7 nitrogen and oxygen atoms in total. The molecule has 0 aromatic carbocycles. The normalized spacial score (nSPS) is 25.2. The molecule has 0 saturated carbocycles. The SMILES string of the molecule is C=P(C)(C)CC[C@H]1O[C@@H](n2c(SCCCC)nc3c(=O)[nH]c(C)nc32)[C@H](C)[C@@H]1O. The Bertz CT molecular complexity index is 967. The Labute approximate surface area is 176 Å². The second kappa shape index (κ2) is 8.96. The van der Waals surface area contributed by atoms with Crippen LogP contribution in [-0.2, 0) is 4.74 Å². The van der Waals surface area contributed by atoms with Crippen LogP contribution in [-0.4, -0.2) is 68.4 Å². The second-order valence-corrected chi connectivity index (χ2v) is 14.0. The highest BCUT2D eigenvalue weighted by Crippen LogP contribution is 2.43. The molecule has 2 aromatic heterocycles. The Kier molecular flexibility index (Phi) is 6.99. The van der Waals surface area contributed by atoms with Gasteiger partial charge in [0.2, 0.25) is 0 Å². The summed E-state index contributed by atoms with van der Waals surface area (Å²) in [6.45, 7) is 9.10. The van der Waals surface area contributed by atoms with Gasteiger partial charge in [-0.2, -0.15) is 0 Å². The number of aliphatic hydroxyl groups excluding tert-OH is 1. The topological polar surface area (TPSA) is 93.0 Å². The lowest BCUT2D eigenvalue weighted by molar-refractivity contribution is -0.0244. The van der Waals surface area contributed by atoms with E-state index in [4.69, 9.17) is 4.74 Å². The lowest BCUT2D eigenvalue weighted by Crippen LogP contribution is -2.26. The zero-order valence-electron chi connectivity index (χ0n) is 18.0. The predicted molar refractivity (Wildman–Crippen MR) is 123 cm³/mol. The molecular weight excluding hydrogens is 407 g/mol. The third-order valence-corrected chi connectivity index (χ3v) is 7.83. The van der Waals surface area contributed by atoms with Crippen LogP contribution in [0.1, 0.15) is 45.2 Å². The van der Waals surface area contributed by atoms with Crippen molar-refractivity contribution in [2.45, 2.75) is 63.6 Å². The van der Waals surface area contributed by atoms with E-state index in [1.54, 1.807) is 18.7 Å². The highest BCUT2D eigenvalue weighted by molar-refractivity contribution is 7.99. The van der Waals surface area contributed by atoms with Crippen LogP contribution >= 0.6 is 18.6 Å². The minimum absolute atomic E-state index is 0.129. The molecule has 3 heterocycles. The number of nitrogens with one attached hydrogen (secondary N) is 1. The minimum Gasteiger partial charge on any atom is -0.390 e. The Morgan fingerprint density at radius 3 is 2.76 bits per heavy atom. The zero-order valence-corrected chi connectivity index (χ0v) is 19.7. The van der Waals surface area contributed by atoms with E-state index in [-0.39, 0.29) is 17.6 Å². The molecule has 1 saturated heterocycles. The fourth-order valence-corrected chi connectivity index (χ4v) is 5.67. The van der Waals surface area contributed by atoms with Gasteiger partial charge in [-0.15, -0.1) is 13.2 Å². The van der Waals surface area contributed by atoms with Gasteiger partial charge in [0.1, 0.15) is 12.1 Å². The first-order valence-electron chi connectivity index (χ1n) is 10.2. The van der Waals surface area contributed by atoms with Crippen molar-refractivity contribution in [1.82, 2.24) is 19.5 Å². The molecule has 1 fully saturated rings. The summed E-state index contributed by atoms with van der Waals surface area (Å²) < 4.78 is 8.28. The summed E-state index contributed by atoms with van der Waals surface area (Å²) in [5.74, 6) is 1.32. The molecule has 162 valence electrons. The number of aromatic amines is 1. The van der Waals surface area contributed by atoms with Gasteiger partial charge in [0.05, 0.1) is 12.2 Å². The Morgan fingerprint density at radius 1 is 1.38 bits per heavy atom. The quantitative estimate of drug-likeness (QED) is 0.372. The maximum atomic E-state index is 12.5. The number of ether oxygens (including phenoxy) is 1. The third kappa shape index (κ3) is 4.98. The molecule has 1 aliphatic heterocycles. The van der Waals surface area contributed by atoms with E-state index >= 15 is 0 Å². The number of rotatable bonds is 8. The van der Waals surface area contributed by atoms with Crippen LogP contribution in [0.25, 0.3) is 11.2 Å². The molecule has 4 atom stereocenters. The fraction of sp³-hybridized carbons (Fsp3) is 0.700. The Balaban J connectivity index is 1.99. The van der Waals surface area contributed by atoms with E-state index in [2.05, 4.69) is 41.5 Å². The molecule has 0 spiro atoms. The lowest BCUT2D eigenvalue weighted by Gasteiger charge is -2.20. The molecule has 0 radical (unpaired) electrons. The number of aryl methyl sites for hydroxylation is 1. The maximum Gasteiger partial charge on any atom is 0.279 e. The fourth-order valence-electron chi connectivity index (χ4n) is 3.61. The van der Waals surface area contributed by atoms with Crippen molar-refractivity contribution in [3.63, 3.8) is 0 Å². The first-order valence-corrected chi connectivity index (χ1v) is 14.3. The third-order valence-electron chi connectivity index (χ3n) is 5.32. The number of aliphatic hydroxyl groups is 1. The lowest BCUT2D eigenvalue weighted by atomic mass is 10.0. The van der Waals surface area contributed by atoms with Gasteiger partial charge in [-0.3, -0.25) is 9.36 Å². The molecule has 2 N–H and O–H groups in total. The molecule has 9 heteroatoms. The Morgan fingerprint density at radius 2 is 2.10 bits per heavy atom. The van der Waals surface area contributed by atoms with Gasteiger partial charge in [0, 0.05) is 11.7 Å². The highest BCUT2D eigenvalue weighted by Gasteiger charge is 2.43. The summed E-state index contributed by atoms with van der Waals surface area (Å²) in [7, 11) is 0. The standard InChI is InChI=1S/C20H33N4O3PS/c1-7-8-11-29-20-23-15-17(21-13(3)22-18(15)26)24(20)19-12(2)16(25)14(27-19)9-10-28(4,5)6/h12,14,16,19,25H,4,7-11H2,1-3,5-6H3,(H,21,22,26)/t12-,14-,16+,19-/m1/s1. The number of fused-ring (bicyclic) bond motifs is 1. The van der Waals surface area contributed by atoms with Crippen LogP contribution in [0.4, 0.5) is 0 Å². The van der Waals surface area contributed by atoms with E-state index in [0.717, 1.165) is 36.3 Å². The Hall–Kier alpha value is -1.08. The monoisotopic (exact) mass is 440 g/mol. The van der Waals surface area contributed by atoms with Crippen LogP contribution in [0.3, 0.4) is 0 Å². The van der Waals surface area contributed by atoms with Gasteiger partial charge in [0.25, 0.3) is 5.56 Å². The molecule has 0 amide bonds. The minimum atomic E-state index is -1.20. The number of imidazole rings is 1. The van der Waals surface area contributed by atoms with Gasteiger partial charge >= 0.3 is 0 Å². The summed E-state index contributed by atoms with van der Waals surface area (Å²) in [6, 6.07) is 0. The van der Waals surface area contributed by atoms with E-state index in [0.29, 0.717) is 17.0 Å². The predicted octanol–water partition coefficient (Wildman–Crippen LogP) is 3.31. The molecule has 3 rings (SSSR count). The van der Waals surface area contributed by atoms with Crippen LogP contribution in [0.15, 0.2) is 9.95 Å². The largest absolute Gasteiger partial charge is 0.390 e. The maximum absolute atomic E-state index is 12.5. The first kappa shape index (κ1) is 22.6. The summed E-state index contributed by atoms with van der Waals surface area (Å²) in [5.41, 5.74) is 0.614. The van der Waals surface area contributed by atoms with Gasteiger partial charge in [-0.25, -0.2) is 9.97 Å². The number of H-pyrrole nitrogens is 1. The number of hydrogen-bond acceptors (Lipinski definition) is 6. The van der Waals surface area contributed by atoms with Crippen LogP contribution in [0.5, 0.6) is 0 Å². The number of hydrogen-bond donors (Lipinski definition) is 2. The van der Waals surface area contributed by atoms with Crippen molar-refractivity contribution >= 4 is 36.1 Å². The van der Waals surface area contributed by atoms with Crippen LogP contribution in [0, 0.1) is 12.8 Å². The van der Waals surface area contributed by atoms with Gasteiger partial charge in [-0.05, 0) is 39.3 Å². The highest BCUT2D eigenvalue weighted by atomic mass is 32.2. The molecule has 0 bridgehead atoms. The van der Waals surface area contributed by atoms with Crippen molar-refractivity contribution in [3.05, 3.63) is 16.2 Å². The summed E-state index contributed by atoms with van der Waals surface area (Å²) in [6.07, 6.45) is 6.95. The zero-order chi connectivity index (χ0) is 21.3. The first-order chi connectivity index (χ1) is 13.6. The van der Waals surface area contributed by atoms with Crippen molar-refractivity contribution in [3.8, 4) is 0 Å². The summed E-state index contributed by atoms with van der Waals surface area (Å²) in [5, 5.41) is 11.6. The van der Waals surface area contributed by atoms with Crippen molar-refractivity contribution in [2.24, 2.45) is 5.92 Å². The molecule has 0 aliphatic carbocycles. The molecule has 29 heavy (non-hydrogen) atoms. The van der Waals surface area contributed by atoms with Crippen molar-refractivity contribution in [1.29, 1.82) is 0 Å². The number of aromatic nitrogens is 4. The average Bonchev–Trinajstić information content (AvgIpc) is 3.11. The molecule has 1 aliphatic rings. The van der Waals surface area contributed by atoms with Crippen molar-refractivity contribution < 1.29 is 9.84 Å². The van der Waals surface area contributed by atoms with Gasteiger partial charge < -0.3 is 14.8 Å². The van der Waals surface area contributed by atoms with Crippen molar-refractivity contribution in [2.75, 3.05) is 25.2 Å². The van der Waals surface area contributed by atoms with E-state index in [1.807, 2.05) is 11.5 Å². The number of thioether (sulfide) groups is 1. The van der Waals surface area contributed by atoms with Gasteiger partial charge in [0.15, 0.2) is 16.3 Å². The van der Waals surface area contributed by atoms with E-state index in [9.17, 15) is 9.90 Å². The number of nitrogens with zero attached hydrogens (tertiary/aromatic N) is 3. The molecule has 0 unspecified atom stereocenters. The summed E-state index contributed by atoms with van der Waals surface area (Å²) in [4.78, 5) is 24.3. The molecular formula is C20H33N4O3PS. The summed E-state index contributed by atoms with van der Waals surface area (Å²) >= 11 is 1.61. The second-order valence-electron chi connectivity index (χ2n) is 8.65. The van der Waals surface area contributed by atoms with Crippen LogP contribution < -0.4 is 5.56 Å². The van der Waals surface area contributed by atoms with E-state index in [1.165, 1.54) is 0 Å².